The highest BCUT2D eigenvalue weighted by molar-refractivity contribution is 9.10. The van der Waals surface area contributed by atoms with Gasteiger partial charge in [0.15, 0.2) is 0 Å². The Morgan fingerprint density at radius 1 is 1.47 bits per heavy atom. The molecule has 0 bridgehead atoms. The zero-order valence-corrected chi connectivity index (χ0v) is 10.2. The molecule has 0 atom stereocenters. The topological polar surface area (TPSA) is 78.4 Å². The summed E-state index contributed by atoms with van der Waals surface area (Å²) in [4.78, 5) is 22.1. The first-order chi connectivity index (χ1) is 8.04. The van der Waals surface area contributed by atoms with E-state index in [1.807, 2.05) is 0 Å². The van der Waals surface area contributed by atoms with Gasteiger partial charge in [-0.15, -0.1) is 6.42 Å². The number of terminal acetylenes is 1. The Morgan fingerprint density at radius 2 is 2.18 bits per heavy atom. The summed E-state index contributed by atoms with van der Waals surface area (Å²) in [6.45, 7) is 0.0993. The third kappa shape index (κ3) is 3.81. The number of hydrogen-bond donors (Lipinski definition) is 3. The maximum absolute atomic E-state index is 11.3. The van der Waals surface area contributed by atoms with Gasteiger partial charge in [-0.1, -0.05) is 5.92 Å². The Labute approximate surface area is 106 Å². The number of aromatic carboxylic acids is 1. The smallest absolute Gasteiger partial charge is 0.335 e. The number of urea groups is 1. The fourth-order valence-corrected chi connectivity index (χ4v) is 1.40. The van der Waals surface area contributed by atoms with Crippen molar-refractivity contribution in [3.63, 3.8) is 0 Å². The minimum atomic E-state index is -1.07. The second kappa shape index (κ2) is 5.92. The molecular weight excluding hydrogens is 288 g/mol. The van der Waals surface area contributed by atoms with Gasteiger partial charge in [-0.05, 0) is 34.1 Å². The van der Waals surface area contributed by atoms with Gasteiger partial charge in [0.2, 0.25) is 0 Å². The van der Waals surface area contributed by atoms with E-state index in [1.165, 1.54) is 12.1 Å². The van der Waals surface area contributed by atoms with Crippen LogP contribution in [0, 0.1) is 12.3 Å². The Hall–Kier alpha value is -2.00. The van der Waals surface area contributed by atoms with Crippen LogP contribution in [0.25, 0.3) is 0 Å². The standard InChI is InChI=1S/C11H9BrN2O3/c1-2-5-13-11(17)14-9-6-7(10(15)16)3-4-8(9)12/h1,3-4,6H,5H2,(H,15,16)(H2,13,14,17). The number of amides is 2. The van der Waals surface area contributed by atoms with Crippen LogP contribution >= 0.6 is 15.9 Å². The number of carbonyl (C=O) groups excluding carboxylic acids is 1. The number of halogens is 1. The molecule has 0 saturated heterocycles. The minimum Gasteiger partial charge on any atom is -0.478 e. The predicted octanol–water partition coefficient (Wildman–Crippen LogP) is 1.90. The molecule has 0 spiro atoms. The summed E-state index contributed by atoms with van der Waals surface area (Å²) in [7, 11) is 0. The number of anilines is 1. The molecule has 5 nitrogen and oxygen atoms in total. The van der Waals surface area contributed by atoms with Gasteiger partial charge in [0.1, 0.15) is 0 Å². The Balaban J connectivity index is 2.83. The van der Waals surface area contributed by atoms with Crippen molar-refractivity contribution in [1.82, 2.24) is 5.32 Å². The SMILES string of the molecule is C#CCNC(=O)Nc1cc(C(=O)O)ccc1Br. The summed E-state index contributed by atoms with van der Waals surface area (Å²) in [6.07, 6.45) is 4.98. The zero-order valence-electron chi connectivity index (χ0n) is 8.66. The van der Waals surface area contributed by atoms with E-state index in [1.54, 1.807) is 6.07 Å². The van der Waals surface area contributed by atoms with Crippen molar-refractivity contribution in [2.24, 2.45) is 0 Å². The minimum absolute atomic E-state index is 0.0837. The molecule has 3 N–H and O–H groups in total. The lowest BCUT2D eigenvalue weighted by atomic mass is 10.2. The van der Waals surface area contributed by atoms with Gasteiger partial charge in [0, 0.05) is 4.47 Å². The third-order valence-electron chi connectivity index (χ3n) is 1.81. The molecule has 0 heterocycles. The lowest BCUT2D eigenvalue weighted by Crippen LogP contribution is -2.29. The van der Waals surface area contributed by atoms with Crippen molar-refractivity contribution in [2.75, 3.05) is 11.9 Å². The van der Waals surface area contributed by atoms with Crippen LogP contribution in [0.15, 0.2) is 22.7 Å². The number of benzene rings is 1. The monoisotopic (exact) mass is 296 g/mol. The second-order valence-electron chi connectivity index (χ2n) is 3.01. The van der Waals surface area contributed by atoms with Gasteiger partial charge in [0.25, 0.3) is 0 Å². The summed E-state index contributed by atoms with van der Waals surface area (Å²) in [5.74, 6) is 1.19. The first-order valence-electron chi connectivity index (χ1n) is 4.55. The van der Waals surface area contributed by atoms with E-state index in [-0.39, 0.29) is 12.1 Å². The van der Waals surface area contributed by atoms with Gasteiger partial charge < -0.3 is 15.7 Å². The number of nitrogens with one attached hydrogen (secondary N) is 2. The zero-order chi connectivity index (χ0) is 12.8. The largest absolute Gasteiger partial charge is 0.478 e. The van der Waals surface area contributed by atoms with Crippen LogP contribution in [0.1, 0.15) is 10.4 Å². The van der Waals surface area contributed by atoms with E-state index in [4.69, 9.17) is 11.5 Å². The van der Waals surface area contributed by atoms with Crippen molar-refractivity contribution < 1.29 is 14.7 Å². The number of carboxylic acid groups (broad SMARTS) is 1. The first kappa shape index (κ1) is 13.1. The molecule has 2 amide bonds. The molecule has 0 aliphatic carbocycles. The molecular formula is C11H9BrN2O3. The Kier molecular flexibility index (Phi) is 4.55. The van der Waals surface area contributed by atoms with Crippen LogP contribution in [0.3, 0.4) is 0 Å². The van der Waals surface area contributed by atoms with E-state index in [2.05, 4.69) is 32.5 Å². The number of rotatable bonds is 3. The van der Waals surface area contributed by atoms with Crippen LogP contribution in [0.2, 0.25) is 0 Å². The summed E-state index contributed by atoms with van der Waals surface area (Å²) < 4.78 is 0.582. The van der Waals surface area contributed by atoms with Crippen molar-refractivity contribution in [3.8, 4) is 12.3 Å². The molecule has 0 saturated carbocycles. The summed E-state index contributed by atoms with van der Waals surface area (Å²) >= 11 is 3.20. The maximum atomic E-state index is 11.3. The quantitative estimate of drug-likeness (QED) is 0.746. The Morgan fingerprint density at radius 3 is 2.76 bits per heavy atom. The molecule has 1 rings (SSSR count). The van der Waals surface area contributed by atoms with Gasteiger partial charge in [0.05, 0.1) is 17.8 Å². The Bertz CT molecular complexity index is 494. The highest BCUT2D eigenvalue weighted by Crippen LogP contribution is 2.23. The van der Waals surface area contributed by atoms with Gasteiger partial charge in [-0.3, -0.25) is 0 Å². The average molecular weight is 297 g/mol. The normalized spacial score (nSPS) is 9.18. The van der Waals surface area contributed by atoms with Crippen LogP contribution in [-0.4, -0.2) is 23.7 Å². The van der Waals surface area contributed by atoms with Crippen LogP contribution < -0.4 is 10.6 Å². The molecule has 1 aromatic carbocycles. The van der Waals surface area contributed by atoms with Crippen LogP contribution in [0.5, 0.6) is 0 Å². The highest BCUT2D eigenvalue weighted by atomic mass is 79.9. The predicted molar refractivity (Wildman–Crippen MR) is 67.0 cm³/mol. The fraction of sp³-hybridized carbons (Fsp3) is 0.0909. The van der Waals surface area contributed by atoms with Crippen LogP contribution in [-0.2, 0) is 0 Å². The molecule has 0 radical (unpaired) electrons. The molecule has 17 heavy (non-hydrogen) atoms. The molecule has 0 aliphatic rings. The molecule has 0 aromatic heterocycles. The molecule has 88 valence electrons. The number of hydrogen-bond acceptors (Lipinski definition) is 2. The van der Waals surface area contributed by atoms with Crippen molar-refractivity contribution in [3.05, 3.63) is 28.2 Å². The molecule has 0 unspecified atom stereocenters. The van der Waals surface area contributed by atoms with E-state index in [0.717, 1.165) is 0 Å². The maximum Gasteiger partial charge on any atom is 0.335 e. The average Bonchev–Trinajstić information content (AvgIpc) is 2.29. The lowest BCUT2D eigenvalue weighted by molar-refractivity contribution is 0.0697. The lowest BCUT2D eigenvalue weighted by Gasteiger charge is -2.08. The van der Waals surface area contributed by atoms with Gasteiger partial charge in [-0.2, -0.15) is 0 Å². The van der Waals surface area contributed by atoms with Crippen LogP contribution in [0.4, 0.5) is 10.5 Å². The van der Waals surface area contributed by atoms with Gasteiger partial charge >= 0.3 is 12.0 Å². The van der Waals surface area contributed by atoms with Crippen molar-refractivity contribution in [1.29, 1.82) is 0 Å². The third-order valence-corrected chi connectivity index (χ3v) is 2.50. The highest BCUT2D eigenvalue weighted by Gasteiger charge is 2.09. The van der Waals surface area contributed by atoms with E-state index in [9.17, 15) is 9.59 Å². The molecule has 0 aliphatic heterocycles. The number of carbonyl (C=O) groups is 2. The van der Waals surface area contributed by atoms with E-state index in [0.29, 0.717) is 10.2 Å². The summed E-state index contributed by atoms with van der Waals surface area (Å²) in [6, 6.07) is 3.82. The van der Waals surface area contributed by atoms with Crippen molar-refractivity contribution >= 4 is 33.6 Å². The first-order valence-corrected chi connectivity index (χ1v) is 5.35. The molecule has 1 aromatic rings. The molecule has 6 heteroatoms. The van der Waals surface area contributed by atoms with E-state index >= 15 is 0 Å². The summed E-state index contributed by atoms with van der Waals surface area (Å²) in [5.41, 5.74) is 0.444. The summed E-state index contributed by atoms with van der Waals surface area (Å²) in [5, 5.41) is 13.7. The van der Waals surface area contributed by atoms with E-state index < -0.39 is 12.0 Å². The second-order valence-corrected chi connectivity index (χ2v) is 3.87. The number of carboxylic acids is 1. The fourth-order valence-electron chi connectivity index (χ4n) is 1.05. The van der Waals surface area contributed by atoms with Crippen molar-refractivity contribution in [2.45, 2.75) is 0 Å². The van der Waals surface area contributed by atoms with Gasteiger partial charge in [-0.25, -0.2) is 9.59 Å². The molecule has 0 fully saturated rings.